The molecule has 2 aromatic rings. The number of hydrogen-bond donors (Lipinski definition) is 1. The number of thiophene rings is 1. The number of benzene rings is 1. The summed E-state index contributed by atoms with van der Waals surface area (Å²) in [4.78, 5) is 3.52. The van der Waals surface area contributed by atoms with Gasteiger partial charge in [0, 0.05) is 18.0 Å². The van der Waals surface area contributed by atoms with Crippen molar-refractivity contribution in [3.8, 4) is 6.07 Å². The van der Waals surface area contributed by atoms with Crippen LogP contribution in [0.15, 0.2) is 41.8 Å². The number of aliphatic hydroxyl groups is 1. The Balaban J connectivity index is 1.97. The Morgan fingerprint density at radius 3 is 2.60 bits per heavy atom. The zero-order chi connectivity index (χ0) is 14.4. The van der Waals surface area contributed by atoms with Gasteiger partial charge in [0.1, 0.15) is 0 Å². The van der Waals surface area contributed by atoms with Gasteiger partial charge in [0.05, 0.1) is 17.7 Å². The first kappa shape index (κ1) is 14.7. The number of aliphatic hydroxyl groups excluding tert-OH is 1. The Bertz CT molecular complexity index is 557. The van der Waals surface area contributed by atoms with Crippen LogP contribution in [0, 0.1) is 11.3 Å². The van der Waals surface area contributed by atoms with Gasteiger partial charge in [0.15, 0.2) is 0 Å². The van der Waals surface area contributed by atoms with Gasteiger partial charge in [-0.2, -0.15) is 5.26 Å². The minimum absolute atomic E-state index is 0.525. The molecule has 0 saturated heterocycles. The molecule has 0 radical (unpaired) electrons. The summed E-state index contributed by atoms with van der Waals surface area (Å²) >= 11 is 1.74. The average molecular weight is 286 g/mol. The van der Waals surface area contributed by atoms with Crippen LogP contribution in [0.5, 0.6) is 0 Å². The zero-order valence-corrected chi connectivity index (χ0v) is 12.3. The van der Waals surface area contributed by atoms with Gasteiger partial charge in [-0.25, -0.2) is 0 Å². The van der Waals surface area contributed by atoms with Crippen LogP contribution in [0.25, 0.3) is 0 Å². The lowest BCUT2D eigenvalue weighted by Gasteiger charge is -2.23. The summed E-state index contributed by atoms with van der Waals surface area (Å²) in [6, 6.07) is 13.4. The molecule has 104 valence electrons. The maximum Gasteiger partial charge on any atom is 0.0991 e. The van der Waals surface area contributed by atoms with Crippen molar-refractivity contribution in [3.63, 3.8) is 0 Å². The number of likely N-dealkylation sites (N-methyl/N-ethyl adjacent to an activating group) is 1. The smallest absolute Gasteiger partial charge is 0.0991 e. The van der Waals surface area contributed by atoms with Crippen LogP contribution in [-0.2, 0) is 6.54 Å². The van der Waals surface area contributed by atoms with Crippen molar-refractivity contribution in [2.45, 2.75) is 19.6 Å². The summed E-state index contributed by atoms with van der Waals surface area (Å²) in [6.45, 7) is 4.45. The molecule has 1 unspecified atom stereocenters. The molecule has 0 aliphatic carbocycles. The number of nitriles is 1. The van der Waals surface area contributed by atoms with Crippen molar-refractivity contribution in [1.29, 1.82) is 5.26 Å². The number of rotatable bonds is 6. The van der Waals surface area contributed by atoms with Crippen molar-refractivity contribution < 1.29 is 5.11 Å². The third-order valence-corrected chi connectivity index (χ3v) is 4.12. The fourth-order valence-corrected chi connectivity index (χ4v) is 2.80. The minimum Gasteiger partial charge on any atom is -0.387 e. The van der Waals surface area contributed by atoms with Crippen molar-refractivity contribution in [2.75, 3.05) is 13.1 Å². The molecule has 1 aromatic carbocycles. The molecule has 20 heavy (non-hydrogen) atoms. The molecular formula is C16H18N2OS. The zero-order valence-electron chi connectivity index (χ0n) is 11.5. The van der Waals surface area contributed by atoms with Gasteiger partial charge in [0.25, 0.3) is 0 Å². The van der Waals surface area contributed by atoms with Crippen molar-refractivity contribution in [3.05, 3.63) is 57.8 Å². The van der Waals surface area contributed by atoms with Gasteiger partial charge in [0.2, 0.25) is 0 Å². The molecule has 0 aliphatic heterocycles. The maximum absolute atomic E-state index is 10.3. The number of nitrogens with zero attached hydrogens (tertiary/aromatic N) is 2. The Labute approximate surface area is 123 Å². The van der Waals surface area contributed by atoms with E-state index in [2.05, 4.69) is 29.3 Å². The van der Waals surface area contributed by atoms with E-state index in [-0.39, 0.29) is 0 Å². The Morgan fingerprint density at radius 2 is 2.05 bits per heavy atom. The van der Waals surface area contributed by atoms with E-state index in [9.17, 15) is 5.11 Å². The van der Waals surface area contributed by atoms with Crippen LogP contribution in [0.1, 0.15) is 29.0 Å². The van der Waals surface area contributed by atoms with E-state index in [4.69, 9.17) is 5.26 Å². The molecule has 0 aliphatic rings. The summed E-state index contributed by atoms with van der Waals surface area (Å²) in [5, 5.41) is 21.1. The lowest BCUT2D eigenvalue weighted by Crippen LogP contribution is -2.27. The highest BCUT2D eigenvalue weighted by Crippen LogP contribution is 2.18. The number of hydrogen-bond acceptors (Lipinski definition) is 4. The largest absolute Gasteiger partial charge is 0.387 e. The molecule has 1 atom stereocenters. The normalized spacial score (nSPS) is 12.3. The highest BCUT2D eigenvalue weighted by Gasteiger charge is 2.13. The predicted molar refractivity (Wildman–Crippen MR) is 81.4 cm³/mol. The van der Waals surface area contributed by atoms with Crippen molar-refractivity contribution in [2.24, 2.45) is 0 Å². The van der Waals surface area contributed by atoms with E-state index < -0.39 is 6.10 Å². The molecule has 1 N–H and O–H groups in total. The quantitative estimate of drug-likeness (QED) is 0.887. The molecule has 0 amide bonds. The van der Waals surface area contributed by atoms with Crippen molar-refractivity contribution >= 4 is 11.3 Å². The van der Waals surface area contributed by atoms with E-state index in [0.29, 0.717) is 12.1 Å². The van der Waals surface area contributed by atoms with Gasteiger partial charge in [-0.05, 0) is 35.7 Å². The fraction of sp³-hybridized carbons (Fsp3) is 0.312. The van der Waals surface area contributed by atoms with Crippen LogP contribution in [0.3, 0.4) is 0 Å². The second kappa shape index (κ2) is 7.20. The van der Waals surface area contributed by atoms with E-state index in [1.165, 1.54) is 4.88 Å². The van der Waals surface area contributed by atoms with Gasteiger partial charge < -0.3 is 5.11 Å². The van der Waals surface area contributed by atoms with Crippen LogP contribution >= 0.6 is 11.3 Å². The Kier molecular flexibility index (Phi) is 5.31. The topological polar surface area (TPSA) is 47.3 Å². The van der Waals surface area contributed by atoms with Crippen LogP contribution in [-0.4, -0.2) is 23.1 Å². The molecule has 4 heteroatoms. The highest BCUT2D eigenvalue weighted by atomic mass is 32.1. The van der Waals surface area contributed by atoms with Gasteiger partial charge in [-0.15, -0.1) is 11.3 Å². The first-order valence-corrected chi connectivity index (χ1v) is 7.53. The van der Waals surface area contributed by atoms with E-state index in [1.54, 1.807) is 23.5 Å². The van der Waals surface area contributed by atoms with E-state index >= 15 is 0 Å². The summed E-state index contributed by atoms with van der Waals surface area (Å²) in [5.74, 6) is 0. The summed E-state index contributed by atoms with van der Waals surface area (Å²) in [5.41, 5.74) is 1.47. The van der Waals surface area contributed by atoms with Gasteiger partial charge in [-0.1, -0.05) is 25.1 Å². The van der Waals surface area contributed by atoms with Crippen molar-refractivity contribution in [1.82, 2.24) is 4.90 Å². The second-order valence-electron chi connectivity index (χ2n) is 4.66. The SMILES string of the molecule is CCN(Cc1cccs1)CC(O)c1ccc(C#N)cc1. The maximum atomic E-state index is 10.3. The molecule has 0 fully saturated rings. The molecule has 1 aromatic heterocycles. The lowest BCUT2D eigenvalue weighted by molar-refractivity contribution is 0.113. The summed E-state index contributed by atoms with van der Waals surface area (Å²) < 4.78 is 0. The first-order valence-electron chi connectivity index (χ1n) is 6.65. The minimum atomic E-state index is -0.525. The Morgan fingerprint density at radius 1 is 1.30 bits per heavy atom. The molecule has 3 nitrogen and oxygen atoms in total. The third-order valence-electron chi connectivity index (χ3n) is 3.26. The molecule has 1 heterocycles. The average Bonchev–Trinajstić information content (AvgIpc) is 2.99. The summed E-state index contributed by atoms with van der Waals surface area (Å²) in [7, 11) is 0. The first-order chi connectivity index (χ1) is 9.72. The molecule has 0 bridgehead atoms. The monoisotopic (exact) mass is 286 g/mol. The molecule has 0 spiro atoms. The summed E-state index contributed by atoms with van der Waals surface area (Å²) in [6.07, 6.45) is -0.525. The predicted octanol–water partition coefficient (Wildman–Crippen LogP) is 3.18. The third kappa shape index (κ3) is 3.91. The van der Waals surface area contributed by atoms with E-state index in [1.807, 2.05) is 18.2 Å². The van der Waals surface area contributed by atoms with E-state index in [0.717, 1.165) is 18.7 Å². The van der Waals surface area contributed by atoms with Gasteiger partial charge >= 0.3 is 0 Å². The van der Waals surface area contributed by atoms with Crippen LogP contribution in [0.2, 0.25) is 0 Å². The Hall–Kier alpha value is -1.67. The van der Waals surface area contributed by atoms with Crippen LogP contribution < -0.4 is 0 Å². The molecule has 0 saturated carbocycles. The molecule has 2 rings (SSSR count). The van der Waals surface area contributed by atoms with Gasteiger partial charge in [-0.3, -0.25) is 4.90 Å². The highest BCUT2D eigenvalue weighted by molar-refractivity contribution is 7.09. The molecular weight excluding hydrogens is 268 g/mol. The lowest BCUT2D eigenvalue weighted by atomic mass is 10.1. The standard InChI is InChI=1S/C16H18N2OS/c1-2-18(11-15-4-3-9-20-15)12-16(19)14-7-5-13(10-17)6-8-14/h3-9,16,19H,2,11-12H2,1H3. The fourth-order valence-electron chi connectivity index (χ4n) is 2.06. The van der Waals surface area contributed by atoms with Crippen LogP contribution in [0.4, 0.5) is 0 Å². The second-order valence-corrected chi connectivity index (χ2v) is 5.69.